The van der Waals surface area contributed by atoms with Crippen LogP contribution in [0.1, 0.15) is 26.2 Å². The summed E-state index contributed by atoms with van der Waals surface area (Å²) in [5.41, 5.74) is 0.686. The highest BCUT2D eigenvalue weighted by molar-refractivity contribution is 9.10. The van der Waals surface area contributed by atoms with Crippen LogP contribution in [0.2, 0.25) is 0 Å². The van der Waals surface area contributed by atoms with E-state index in [0.29, 0.717) is 36.0 Å². The Morgan fingerprint density at radius 3 is 2.95 bits per heavy atom. The molecule has 0 bridgehead atoms. The summed E-state index contributed by atoms with van der Waals surface area (Å²) in [5.74, 6) is 0.600. The third kappa shape index (κ3) is 2.73. The van der Waals surface area contributed by atoms with Gasteiger partial charge in [0.15, 0.2) is 0 Å². The fourth-order valence-corrected chi connectivity index (χ4v) is 2.56. The van der Waals surface area contributed by atoms with Crippen molar-refractivity contribution in [2.75, 3.05) is 6.61 Å². The number of benzene rings is 1. The van der Waals surface area contributed by atoms with Gasteiger partial charge in [0.1, 0.15) is 0 Å². The predicted octanol–water partition coefficient (Wildman–Crippen LogP) is 3.36. The van der Waals surface area contributed by atoms with Gasteiger partial charge >= 0.3 is 0 Å². The molecule has 106 valence electrons. The molecule has 3 rings (SSSR count). The minimum atomic E-state index is -0.00527. The average molecular weight is 337 g/mol. The summed E-state index contributed by atoms with van der Waals surface area (Å²) in [6.45, 7) is 3.34. The molecule has 5 heteroatoms. The molecule has 1 saturated carbocycles. The average Bonchev–Trinajstić information content (AvgIpc) is 3.25. The van der Waals surface area contributed by atoms with Gasteiger partial charge in [-0.15, -0.1) is 0 Å². The molecule has 0 spiro atoms. The molecule has 0 radical (unpaired) electrons. The highest BCUT2D eigenvalue weighted by Gasteiger charge is 2.24. The highest BCUT2D eigenvalue weighted by Crippen LogP contribution is 2.31. The second-order valence-electron chi connectivity index (χ2n) is 5.26. The molecule has 0 saturated heterocycles. The van der Waals surface area contributed by atoms with Crippen molar-refractivity contribution in [1.82, 2.24) is 9.55 Å². The highest BCUT2D eigenvalue weighted by atomic mass is 79.9. The van der Waals surface area contributed by atoms with Crippen molar-refractivity contribution < 1.29 is 4.74 Å². The van der Waals surface area contributed by atoms with Crippen LogP contribution < -0.4 is 10.3 Å². The third-order valence-electron chi connectivity index (χ3n) is 3.45. The third-order valence-corrected chi connectivity index (χ3v) is 3.95. The Balaban J connectivity index is 2.13. The fraction of sp³-hybridized carbons (Fsp3) is 0.467. The molecule has 1 heterocycles. The van der Waals surface area contributed by atoms with E-state index in [4.69, 9.17) is 4.74 Å². The lowest BCUT2D eigenvalue weighted by molar-refractivity contribution is 0.270. The number of ether oxygens (including phenoxy) is 1. The molecule has 0 atom stereocenters. The van der Waals surface area contributed by atoms with Gasteiger partial charge in [-0.05, 0) is 43.4 Å². The molecule has 0 unspecified atom stereocenters. The molecule has 1 aliphatic rings. The molecule has 1 fully saturated rings. The summed E-state index contributed by atoms with van der Waals surface area (Å²) < 4.78 is 8.26. The minimum absolute atomic E-state index is 0.00527. The number of hydrogen-bond donors (Lipinski definition) is 0. The smallest absolute Gasteiger partial charge is 0.299 e. The normalized spacial score (nSPS) is 14.7. The lowest BCUT2D eigenvalue weighted by Gasteiger charge is -2.13. The van der Waals surface area contributed by atoms with E-state index in [-0.39, 0.29) is 5.56 Å². The first-order valence-electron chi connectivity index (χ1n) is 7.02. The van der Waals surface area contributed by atoms with Crippen LogP contribution in [0.3, 0.4) is 0 Å². The van der Waals surface area contributed by atoms with Crippen LogP contribution >= 0.6 is 15.9 Å². The van der Waals surface area contributed by atoms with E-state index in [1.165, 1.54) is 12.8 Å². The molecule has 1 aromatic carbocycles. The van der Waals surface area contributed by atoms with Crippen molar-refractivity contribution >= 4 is 26.8 Å². The van der Waals surface area contributed by atoms with Crippen LogP contribution in [-0.4, -0.2) is 16.2 Å². The predicted molar refractivity (Wildman–Crippen MR) is 82.2 cm³/mol. The van der Waals surface area contributed by atoms with Crippen LogP contribution in [0.25, 0.3) is 10.9 Å². The topological polar surface area (TPSA) is 44.1 Å². The van der Waals surface area contributed by atoms with Gasteiger partial charge in [-0.3, -0.25) is 9.36 Å². The second-order valence-corrected chi connectivity index (χ2v) is 6.18. The number of aromatic nitrogens is 2. The maximum Gasteiger partial charge on any atom is 0.299 e. The number of rotatable bonds is 5. The van der Waals surface area contributed by atoms with E-state index >= 15 is 0 Å². The molecule has 0 amide bonds. The maximum atomic E-state index is 12.7. The first-order chi connectivity index (χ1) is 9.69. The zero-order chi connectivity index (χ0) is 14.1. The van der Waals surface area contributed by atoms with E-state index < -0.39 is 0 Å². The summed E-state index contributed by atoms with van der Waals surface area (Å²) in [7, 11) is 0. The lowest BCUT2D eigenvalue weighted by Crippen LogP contribution is -2.24. The van der Waals surface area contributed by atoms with Crippen LogP contribution in [0, 0.1) is 5.92 Å². The van der Waals surface area contributed by atoms with Gasteiger partial charge in [0.25, 0.3) is 11.6 Å². The van der Waals surface area contributed by atoms with E-state index in [1.54, 1.807) is 4.57 Å². The zero-order valence-electron chi connectivity index (χ0n) is 11.4. The Labute approximate surface area is 125 Å². The Bertz CT molecular complexity index is 692. The molecule has 1 aromatic heterocycles. The van der Waals surface area contributed by atoms with Crippen molar-refractivity contribution in [1.29, 1.82) is 0 Å². The Hall–Kier alpha value is -1.36. The second kappa shape index (κ2) is 5.56. The van der Waals surface area contributed by atoms with E-state index in [1.807, 2.05) is 25.1 Å². The molecule has 2 aromatic rings. The van der Waals surface area contributed by atoms with Gasteiger partial charge < -0.3 is 4.74 Å². The Morgan fingerprint density at radius 1 is 1.45 bits per heavy atom. The van der Waals surface area contributed by atoms with Crippen molar-refractivity contribution in [3.63, 3.8) is 0 Å². The fourth-order valence-electron chi connectivity index (χ4n) is 2.20. The van der Waals surface area contributed by atoms with E-state index in [9.17, 15) is 4.79 Å². The summed E-state index contributed by atoms with van der Waals surface area (Å²) in [6, 6.07) is 6.03. The van der Waals surface area contributed by atoms with Gasteiger partial charge in [0.2, 0.25) is 0 Å². The molecule has 0 aliphatic heterocycles. The van der Waals surface area contributed by atoms with Crippen molar-refractivity contribution in [2.45, 2.75) is 32.7 Å². The summed E-state index contributed by atoms with van der Waals surface area (Å²) in [4.78, 5) is 17.2. The maximum absolute atomic E-state index is 12.7. The Morgan fingerprint density at radius 2 is 2.25 bits per heavy atom. The van der Waals surface area contributed by atoms with Gasteiger partial charge in [0.05, 0.1) is 17.5 Å². The SMILES string of the molecule is CCCOc1nc2ccc(Br)cc2c(=O)n1CC1CC1. The number of halogens is 1. The molecular weight excluding hydrogens is 320 g/mol. The van der Waals surface area contributed by atoms with Gasteiger partial charge in [-0.25, -0.2) is 0 Å². The molecular formula is C15H17BrN2O2. The summed E-state index contributed by atoms with van der Waals surface area (Å²) in [6.07, 6.45) is 3.28. The summed E-state index contributed by atoms with van der Waals surface area (Å²) >= 11 is 3.41. The van der Waals surface area contributed by atoms with Crippen molar-refractivity contribution in [2.24, 2.45) is 5.92 Å². The number of fused-ring (bicyclic) bond motifs is 1. The van der Waals surface area contributed by atoms with Gasteiger partial charge in [-0.2, -0.15) is 4.98 Å². The minimum Gasteiger partial charge on any atom is -0.465 e. The van der Waals surface area contributed by atoms with E-state index in [0.717, 1.165) is 10.9 Å². The standard InChI is InChI=1S/C15H17BrN2O2/c1-2-7-20-15-17-13-6-5-11(16)8-12(13)14(19)18(15)9-10-3-4-10/h5-6,8,10H,2-4,7,9H2,1H3. The van der Waals surface area contributed by atoms with Gasteiger partial charge in [0, 0.05) is 11.0 Å². The lowest BCUT2D eigenvalue weighted by atomic mass is 10.2. The van der Waals surface area contributed by atoms with Gasteiger partial charge in [-0.1, -0.05) is 22.9 Å². The van der Waals surface area contributed by atoms with Crippen LogP contribution in [0.15, 0.2) is 27.5 Å². The van der Waals surface area contributed by atoms with Crippen LogP contribution in [0.5, 0.6) is 6.01 Å². The van der Waals surface area contributed by atoms with Crippen LogP contribution in [0.4, 0.5) is 0 Å². The van der Waals surface area contributed by atoms with E-state index in [2.05, 4.69) is 20.9 Å². The molecule has 4 nitrogen and oxygen atoms in total. The Kier molecular flexibility index (Phi) is 3.78. The monoisotopic (exact) mass is 336 g/mol. The number of hydrogen-bond acceptors (Lipinski definition) is 3. The van der Waals surface area contributed by atoms with Crippen LogP contribution in [-0.2, 0) is 6.54 Å². The molecule has 20 heavy (non-hydrogen) atoms. The van der Waals surface area contributed by atoms with Crippen molar-refractivity contribution in [3.05, 3.63) is 33.0 Å². The first kappa shape index (κ1) is 13.6. The largest absolute Gasteiger partial charge is 0.465 e. The zero-order valence-corrected chi connectivity index (χ0v) is 13.0. The molecule has 0 N–H and O–H groups in total. The first-order valence-corrected chi connectivity index (χ1v) is 7.81. The number of nitrogens with zero attached hydrogens (tertiary/aromatic N) is 2. The molecule has 1 aliphatic carbocycles. The van der Waals surface area contributed by atoms with Crippen molar-refractivity contribution in [3.8, 4) is 6.01 Å². The summed E-state index contributed by atoms with van der Waals surface area (Å²) in [5, 5.41) is 0.642. The quantitative estimate of drug-likeness (QED) is 0.840.